The highest BCUT2D eigenvalue weighted by molar-refractivity contribution is 5.50. The largest absolute Gasteiger partial charge is 0.487 e. The summed E-state index contributed by atoms with van der Waals surface area (Å²) in [6.45, 7) is 0. The summed E-state index contributed by atoms with van der Waals surface area (Å²) in [7, 11) is 0. The Balaban J connectivity index is 2.20. The van der Waals surface area contributed by atoms with Crippen molar-refractivity contribution in [2.75, 3.05) is 0 Å². The summed E-state index contributed by atoms with van der Waals surface area (Å²) in [4.78, 5) is 10.1. The van der Waals surface area contributed by atoms with Crippen molar-refractivity contribution in [3.63, 3.8) is 0 Å². The molecule has 6 nitrogen and oxygen atoms in total. The molecule has 1 aliphatic carbocycles. The van der Waals surface area contributed by atoms with E-state index in [0.29, 0.717) is 5.75 Å². The maximum absolute atomic E-state index is 10.7. The maximum Gasteiger partial charge on any atom is 0.271 e. The fourth-order valence-corrected chi connectivity index (χ4v) is 2.26. The van der Waals surface area contributed by atoms with Gasteiger partial charge in [0.2, 0.25) is 0 Å². The van der Waals surface area contributed by atoms with Gasteiger partial charge in [0, 0.05) is 18.2 Å². The number of hydrogen-bond donors (Lipinski definition) is 1. The van der Waals surface area contributed by atoms with E-state index in [-0.39, 0.29) is 23.4 Å². The lowest BCUT2D eigenvalue weighted by molar-refractivity contribution is -0.384. The highest BCUT2D eigenvalue weighted by atomic mass is 16.6. The van der Waals surface area contributed by atoms with Gasteiger partial charge in [0.1, 0.15) is 23.5 Å². The minimum Gasteiger partial charge on any atom is -0.487 e. The van der Waals surface area contributed by atoms with Crippen LogP contribution in [0, 0.1) is 21.4 Å². The zero-order chi connectivity index (χ0) is 13.8. The molecule has 0 spiro atoms. The summed E-state index contributed by atoms with van der Waals surface area (Å²) in [5.41, 5.74) is 6.04. The number of nitro benzene ring substituents is 1. The fourth-order valence-electron chi connectivity index (χ4n) is 2.26. The number of hydrogen-bond acceptors (Lipinski definition) is 5. The van der Waals surface area contributed by atoms with Crippen LogP contribution in [-0.4, -0.2) is 17.1 Å². The third-order valence-corrected chi connectivity index (χ3v) is 3.33. The van der Waals surface area contributed by atoms with Gasteiger partial charge in [0.15, 0.2) is 0 Å². The van der Waals surface area contributed by atoms with Crippen molar-refractivity contribution in [2.45, 2.75) is 37.8 Å². The van der Waals surface area contributed by atoms with Gasteiger partial charge in [0.05, 0.1) is 4.92 Å². The molecule has 0 aromatic heterocycles. The van der Waals surface area contributed by atoms with E-state index in [1.807, 2.05) is 6.07 Å². The molecule has 2 N–H and O–H groups in total. The molecule has 1 aromatic rings. The van der Waals surface area contributed by atoms with Crippen LogP contribution in [0.4, 0.5) is 5.69 Å². The lowest BCUT2D eigenvalue weighted by atomic mass is 9.93. The van der Waals surface area contributed by atoms with E-state index in [4.69, 9.17) is 15.7 Å². The second kappa shape index (κ2) is 5.67. The van der Waals surface area contributed by atoms with Crippen LogP contribution >= 0.6 is 0 Å². The molecular formula is C13H15N3O3. The van der Waals surface area contributed by atoms with Crippen LogP contribution in [0.25, 0.3) is 0 Å². The van der Waals surface area contributed by atoms with Crippen LogP contribution in [-0.2, 0) is 0 Å². The Morgan fingerprint density at radius 3 is 2.79 bits per heavy atom. The number of rotatable bonds is 3. The Labute approximate surface area is 110 Å². The molecule has 2 rings (SSSR count). The lowest BCUT2D eigenvalue weighted by Crippen LogP contribution is -2.41. The number of nitriles is 1. The first kappa shape index (κ1) is 13.3. The topological polar surface area (TPSA) is 102 Å². The molecule has 0 aliphatic heterocycles. The van der Waals surface area contributed by atoms with Crippen molar-refractivity contribution in [1.29, 1.82) is 5.26 Å². The van der Waals surface area contributed by atoms with Gasteiger partial charge in [-0.05, 0) is 25.3 Å². The highest BCUT2D eigenvalue weighted by Crippen LogP contribution is 2.28. The van der Waals surface area contributed by atoms with Gasteiger partial charge >= 0.3 is 0 Å². The van der Waals surface area contributed by atoms with Crippen molar-refractivity contribution in [2.24, 2.45) is 5.73 Å². The average molecular weight is 261 g/mol. The summed E-state index contributed by atoms with van der Waals surface area (Å²) in [6, 6.07) is 5.91. The van der Waals surface area contributed by atoms with E-state index in [9.17, 15) is 10.1 Å². The minimum atomic E-state index is -0.531. The van der Waals surface area contributed by atoms with Crippen LogP contribution in [0.3, 0.4) is 0 Å². The lowest BCUT2D eigenvalue weighted by Gasteiger charge is -2.29. The Hall–Kier alpha value is -2.13. The van der Waals surface area contributed by atoms with E-state index in [2.05, 4.69) is 0 Å². The number of nitrogens with zero attached hydrogens (tertiary/aromatic N) is 2. The zero-order valence-corrected chi connectivity index (χ0v) is 10.4. The third-order valence-electron chi connectivity index (χ3n) is 3.33. The number of benzene rings is 1. The molecule has 1 aliphatic rings. The SMILES string of the molecule is N#Cc1cc([N+](=O)[O-])ccc1OC1CCCCC1N. The molecule has 1 aromatic carbocycles. The summed E-state index contributed by atoms with van der Waals surface area (Å²) < 4.78 is 5.75. The molecule has 19 heavy (non-hydrogen) atoms. The monoisotopic (exact) mass is 261 g/mol. The number of ether oxygens (including phenoxy) is 1. The van der Waals surface area contributed by atoms with Crippen LogP contribution in [0.15, 0.2) is 18.2 Å². The zero-order valence-electron chi connectivity index (χ0n) is 10.4. The Morgan fingerprint density at radius 2 is 2.16 bits per heavy atom. The predicted molar refractivity (Wildman–Crippen MR) is 68.7 cm³/mol. The number of nitro groups is 1. The molecule has 2 atom stereocenters. The van der Waals surface area contributed by atoms with Crippen LogP contribution < -0.4 is 10.5 Å². The Morgan fingerprint density at radius 1 is 1.42 bits per heavy atom. The van der Waals surface area contributed by atoms with E-state index in [1.165, 1.54) is 18.2 Å². The molecule has 100 valence electrons. The van der Waals surface area contributed by atoms with Crippen molar-refractivity contribution in [1.82, 2.24) is 0 Å². The summed E-state index contributed by atoms with van der Waals surface area (Å²) in [5, 5.41) is 19.7. The Bertz CT molecular complexity index is 524. The van der Waals surface area contributed by atoms with Gasteiger partial charge in [-0.1, -0.05) is 6.42 Å². The standard InChI is InChI=1S/C13H15N3O3/c14-8-9-7-10(16(17)18)5-6-12(9)19-13-4-2-1-3-11(13)15/h5-7,11,13H,1-4,15H2. The molecule has 1 saturated carbocycles. The van der Waals surface area contributed by atoms with E-state index < -0.39 is 4.92 Å². The van der Waals surface area contributed by atoms with Gasteiger partial charge < -0.3 is 10.5 Å². The first-order valence-electron chi connectivity index (χ1n) is 6.22. The van der Waals surface area contributed by atoms with Crippen LogP contribution in [0.2, 0.25) is 0 Å². The first-order valence-corrected chi connectivity index (χ1v) is 6.22. The number of non-ortho nitro benzene ring substituents is 1. The van der Waals surface area contributed by atoms with Crippen molar-refractivity contribution in [3.05, 3.63) is 33.9 Å². The van der Waals surface area contributed by atoms with Crippen molar-refractivity contribution in [3.8, 4) is 11.8 Å². The van der Waals surface area contributed by atoms with Gasteiger partial charge in [-0.3, -0.25) is 10.1 Å². The van der Waals surface area contributed by atoms with Gasteiger partial charge in [0.25, 0.3) is 5.69 Å². The fraction of sp³-hybridized carbons (Fsp3) is 0.462. The minimum absolute atomic E-state index is 0.0458. The van der Waals surface area contributed by atoms with Gasteiger partial charge in [-0.25, -0.2) is 0 Å². The van der Waals surface area contributed by atoms with Gasteiger partial charge in [-0.15, -0.1) is 0 Å². The van der Waals surface area contributed by atoms with Gasteiger partial charge in [-0.2, -0.15) is 5.26 Å². The maximum atomic E-state index is 10.7. The molecule has 0 saturated heterocycles. The van der Waals surface area contributed by atoms with E-state index >= 15 is 0 Å². The number of nitrogens with two attached hydrogens (primary N) is 1. The van der Waals surface area contributed by atoms with E-state index in [1.54, 1.807) is 0 Å². The predicted octanol–water partition coefficient (Wildman–Crippen LogP) is 2.12. The second-order valence-corrected chi connectivity index (χ2v) is 4.65. The summed E-state index contributed by atoms with van der Waals surface area (Å²) in [6.07, 6.45) is 3.77. The molecule has 0 amide bonds. The average Bonchev–Trinajstić information content (AvgIpc) is 2.41. The third kappa shape index (κ3) is 3.01. The normalized spacial score (nSPS) is 22.5. The molecule has 1 fully saturated rings. The molecule has 0 bridgehead atoms. The first-order chi connectivity index (χ1) is 9.11. The Kier molecular flexibility index (Phi) is 3.97. The van der Waals surface area contributed by atoms with E-state index in [0.717, 1.165) is 25.7 Å². The van der Waals surface area contributed by atoms with Crippen molar-refractivity contribution < 1.29 is 9.66 Å². The molecular weight excluding hydrogens is 246 g/mol. The second-order valence-electron chi connectivity index (χ2n) is 4.65. The van der Waals surface area contributed by atoms with Crippen molar-refractivity contribution >= 4 is 5.69 Å². The highest BCUT2D eigenvalue weighted by Gasteiger charge is 2.24. The molecule has 0 radical (unpaired) electrons. The summed E-state index contributed by atoms with van der Waals surface area (Å²) in [5.74, 6) is 0.371. The smallest absolute Gasteiger partial charge is 0.271 e. The van der Waals surface area contributed by atoms with Crippen LogP contribution in [0.1, 0.15) is 31.2 Å². The van der Waals surface area contributed by atoms with Crippen LogP contribution in [0.5, 0.6) is 5.75 Å². The molecule has 0 heterocycles. The quantitative estimate of drug-likeness (QED) is 0.663. The summed E-state index contributed by atoms with van der Waals surface area (Å²) >= 11 is 0. The molecule has 2 unspecified atom stereocenters. The molecule has 6 heteroatoms.